The Kier molecular flexibility index (Phi) is 9.09. The van der Waals surface area contributed by atoms with Crippen LogP contribution in [0.4, 0.5) is 0 Å². The molecule has 0 atom stereocenters. The summed E-state index contributed by atoms with van der Waals surface area (Å²) in [4.78, 5) is 11.4. The molecule has 0 saturated heterocycles. The van der Waals surface area contributed by atoms with Crippen LogP contribution in [0.1, 0.15) is 40.0 Å². The Morgan fingerprint density at radius 1 is 1.18 bits per heavy atom. The largest absolute Gasteiger partial charge is 0.383 e. The summed E-state index contributed by atoms with van der Waals surface area (Å²) in [5.41, 5.74) is 0.395. The molecule has 2 N–H and O–H groups in total. The van der Waals surface area contributed by atoms with E-state index in [0.29, 0.717) is 25.1 Å². The van der Waals surface area contributed by atoms with Crippen LogP contribution in [-0.4, -0.2) is 39.3 Å². The van der Waals surface area contributed by atoms with E-state index in [4.69, 9.17) is 4.74 Å². The molecule has 0 aromatic heterocycles. The first-order chi connectivity index (χ1) is 7.95. The van der Waals surface area contributed by atoms with Crippen molar-refractivity contribution in [3.05, 3.63) is 0 Å². The molecule has 0 aromatic rings. The van der Waals surface area contributed by atoms with Crippen molar-refractivity contribution in [3.8, 4) is 0 Å². The molecule has 4 heteroatoms. The summed E-state index contributed by atoms with van der Waals surface area (Å²) in [6.45, 7) is 9.23. The Hall–Kier alpha value is -0.610. The van der Waals surface area contributed by atoms with Gasteiger partial charge in [-0.05, 0) is 18.3 Å². The van der Waals surface area contributed by atoms with Gasteiger partial charge in [-0.2, -0.15) is 0 Å². The van der Waals surface area contributed by atoms with Crippen LogP contribution in [0.3, 0.4) is 0 Å². The third-order valence-electron chi connectivity index (χ3n) is 2.44. The molecule has 0 aliphatic carbocycles. The van der Waals surface area contributed by atoms with Crippen molar-refractivity contribution in [1.29, 1.82) is 0 Å². The molecular formula is C13H28N2O2. The molecule has 0 aliphatic heterocycles. The number of ether oxygens (including phenoxy) is 1. The average Bonchev–Trinajstić information content (AvgIpc) is 2.22. The van der Waals surface area contributed by atoms with Crippen LogP contribution in [-0.2, 0) is 9.53 Å². The number of rotatable bonds is 9. The molecule has 4 nitrogen and oxygen atoms in total. The predicted molar refractivity (Wildman–Crippen MR) is 71.1 cm³/mol. The van der Waals surface area contributed by atoms with Gasteiger partial charge < -0.3 is 15.4 Å². The van der Waals surface area contributed by atoms with Gasteiger partial charge in [0.15, 0.2) is 0 Å². The van der Waals surface area contributed by atoms with Gasteiger partial charge in [-0.25, -0.2) is 0 Å². The Labute approximate surface area is 105 Å². The standard InChI is InChI=1S/C13H28N2O2/c1-13(2,3)7-5-6-8-15-12(16)11-14-9-10-17-4/h14H,5-11H2,1-4H3,(H,15,16). The summed E-state index contributed by atoms with van der Waals surface area (Å²) in [6, 6.07) is 0. The minimum absolute atomic E-state index is 0.0665. The average molecular weight is 244 g/mol. The summed E-state index contributed by atoms with van der Waals surface area (Å²) >= 11 is 0. The first-order valence-corrected chi connectivity index (χ1v) is 6.42. The lowest BCUT2D eigenvalue weighted by molar-refractivity contribution is -0.120. The summed E-state index contributed by atoms with van der Waals surface area (Å²) in [5.74, 6) is 0.0665. The zero-order chi connectivity index (χ0) is 13.1. The number of carbonyl (C=O) groups is 1. The normalized spacial score (nSPS) is 11.5. The number of hydrogen-bond donors (Lipinski definition) is 2. The zero-order valence-electron chi connectivity index (χ0n) is 11.8. The van der Waals surface area contributed by atoms with Crippen molar-refractivity contribution in [2.75, 3.05) is 33.4 Å². The third kappa shape index (κ3) is 13.3. The van der Waals surface area contributed by atoms with E-state index >= 15 is 0 Å². The van der Waals surface area contributed by atoms with E-state index in [2.05, 4.69) is 31.4 Å². The van der Waals surface area contributed by atoms with E-state index in [1.54, 1.807) is 7.11 Å². The van der Waals surface area contributed by atoms with E-state index in [1.165, 1.54) is 12.8 Å². The van der Waals surface area contributed by atoms with Crippen LogP contribution in [0.5, 0.6) is 0 Å². The van der Waals surface area contributed by atoms with Gasteiger partial charge in [-0.1, -0.05) is 27.2 Å². The van der Waals surface area contributed by atoms with Gasteiger partial charge in [0.1, 0.15) is 0 Å². The highest BCUT2D eigenvalue weighted by molar-refractivity contribution is 5.77. The van der Waals surface area contributed by atoms with Gasteiger partial charge in [0, 0.05) is 20.2 Å². The van der Waals surface area contributed by atoms with Gasteiger partial charge in [0.05, 0.1) is 13.2 Å². The van der Waals surface area contributed by atoms with Gasteiger partial charge >= 0.3 is 0 Å². The van der Waals surface area contributed by atoms with Crippen LogP contribution in [0.2, 0.25) is 0 Å². The molecule has 0 aliphatic rings. The van der Waals surface area contributed by atoms with E-state index < -0.39 is 0 Å². The van der Waals surface area contributed by atoms with E-state index in [1.807, 2.05) is 0 Å². The van der Waals surface area contributed by atoms with E-state index in [9.17, 15) is 4.79 Å². The van der Waals surface area contributed by atoms with E-state index in [-0.39, 0.29) is 5.91 Å². The number of nitrogens with one attached hydrogen (secondary N) is 2. The summed E-state index contributed by atoms with van der Waals surface area (Å²) < 4.78 is 4.87. The van der Waals surface area contributed by atoms with Crippen molar-refractivity contribution in [1.82, 2.24) is 10.6 Å². The molecule has 1 amide bonds. The van der Waals surface area contributed by atoms with Crippen molar-refractivity contribution in [2.45, 2.75) is 40.0 Å². The zero-order valence-corrected chi connectivity index (χ0v) is 11.8. The number of amides is 1. The topological polar surface area (TPSA) is 50.4 Å². The molecule has 0 heterocycles. The molecule has 17 heavy (non-hydrogen) atoms. The maximum atomic E-state index is 11.4. The second-order valence-corrected chi connectivity index (χ2v) is 5.54. The number of methoxy groups -OCH3 is 1. The molecular weight excluding hydrogens is 216 g/mol. The third-order valence-corrected chi connectivity index (χ3v) is 2.44. The molecule has 0 spiro atoms. The fourth-order valence-corrected chi connectivity index (χ4v) is 1.45. The maximum Gasteiger partial charge on any atom is 0.233 e. The monoisotopic (exact) mass is 244 g/mol. The molecule has 0 unspecified atom stereocenters. The number of unbranched alkanes of at least 4 members (excludes halogenated alkanes) is 1. The van der Waals surface area contributed by atoms with Crippen LogP contribution in [0, 0.1) is 5.41 Å². The summed E-state index contributed by atoms with van der Waals surface area (Å²) in [7, 11) is 1.65. The first-order valence-electron chi connectivity index (χ1n) is 6.42. The number of hydrogen-bond acceptors (Lipinski definition) is 3. The highest BCUT2D eigenvalue weighted by Crippen LogP contribution is 2.20. The fourth-order valence-electron chi connectivity index (χ4n) is 1.45. The molecule has 0 saturated carbocycles. The Balaban J connectivity index is 3.28. The fraction of sp³-hybridized carbons (Fsp3) is 0.923. The second kappa shape index (κ2) is 9.42. The summed E-state index contributed by atoms with van der Waals surface area (Å²) in [5, 5.41) is 5.92. The minimum atomic E-state index is 0.0665. The molecule has 0 fully saturated rings. The van der Waals surface area contributed by atoms with Crippen molar-refractivity contribution < 1.29 is 9.53 Å². The van der Waals surface area contributed by atoms with Crippen LogP contribution < -0.4 is 10.6 Å². The lowest BCUT2D eigenvalue weighted by atomic mass is 9.90. The minimum Gasteiger partial charge on any atom is -0.383 e. The van der Waals surface area contributed by atoms with Crippen LogP contribution >= 0.6 is 0 Å². The first kappa shape index (κ1) is 16.4. The number of carbonyl (C=O) groups excluding carboxylic acids is 1. The quantitative estimate of drug-likeness (QED) is 0.605. The second-order valence-electron chi connectivity index (χ2n) is 5.54. The Morgan fingerprint density at radius 2 is 1.88 bits per heavy atom. The van der Waals surface area contributed by atoms with Gasteiger partial charge in [-0.15, -0.1) is 0 Å². The summed E-state index contributed by atoms with van der Waals surface area (Å²) in [6.07, 6.45) is 3.43. The van der Waals surface area contributed by atoms with Crippen LogP contribution in [0.15, 0.2) is 0 Å². The van der Waals surface area contributed by atoms with Gasteiger partial charge in [0.25, 0.3) is 0 Å². The maximum absolute atomic E-state index is 11.4. The highest BCUT2D eigenvalue weighted by Gasteiger charge is 2.08. The van der Waals surface area contributed by atoms with Gasteiger partial charge in [-0.3, -0.25) is 4.79 Å². The van der Waals surface area contributed by atoms with E-state index in [0.717, 1.165) is 13.0 Å². The predicted octanol–water partition coefficient (Wildman–Crippen LogP) is 1.55. The lowest BCUT2D eigenvalue weighted by Crippen LogP contribution is -2.35. The Morgan fingerprint density at radius 3 is 2.47 bits per heavy atom. The lowest BCUT2D eigenvalue weighted by Gasteiger charge is -2.17. The molecule has 0 radical (unpaired) electrons. The molecule has 0 bridgehead atoms. The highest BCUT2D eigenvalue weighted by atomic mass is 16.5. The van der Waals surface area contributed by atoms with Gasteiger partial charge in [0.2, 0.25) is 5.91 Å². The van der Waals surface area contributed by atoms with Crippen molar-refractivity contribution in [2.24, 2.45) is 5.41 Å². The van der Waals surface area contributed by atoms with Crippen molar-refractivity contribution in [3.63, 3.8) is 0 Å². The Bertz CT molecular complexity index is 200. The van der Waals surface area contributed by atoms with Crippen molar-refractivity contribution >= 4 is 5.91 Å². The molecule has 102 valence electrons. The smallest absolute Gasteiger partial charge is 0.233 e. The van der Waals surface area contributed by atoms with Crippen LogP contribution in [0.25, 0.3) is 0 Å². The SMILES string of the molecule is COCCNCC(=O)NCCCCC(C)(C)C. The molecule has 0 rings (SSSR count). The molecule has 0 aromatic carbocycles.